The van der Waals surface area contributed by atoms with Gasteiger partial charge in [0.2, 0.25) is 5.91 Å². The van der Waals surface area contributed by atoms with Gasteiger partial charge >= 0.3 is 0 Å². The number of benzene rings is 1. The summed E-state index contributed by atoms with van der Waals surface area (Å²) in [6.45, 7) is 3.75. The van der Waals surface area contributed by atoms with Gasteiger partial charge in [0.1, 0.15) is 0 Å². The Morgan fingerprint density at radius 1 is 1.29 bits per heavy atom. The first-order chi connectivity index (χ1) is 8.20. The zero-order chi connectivity index (χ0) is 12.3. The van der Waals surface area contributed by atoms with E-state index in [1.807, 2.05) is 31.2 Å². The summed E-state index contributed by atoms with van der Waals surface area (Å²) < 4.78 is 5.36. The molecule has 1 aromatic heterocycles. The number of amides is 1. The number of aromatic nitrogens is 2. The van der Waals surface area contributed by atoms with Crippen molar-refractivity contribution >= 4 is 22.8 Å². The van der Waals surface area contributed by atoms with Crippen LogP contribution in [0, 0.1) is 0 Å². The van der Waals surface area contributed by atoms with Crippen LogP contribution in [0.3, 0.4) is 0 Å². The molecule has 0 unspecified atom stereocenters. The summed E-state index contributed by atoms with van der Waals surface area (Å²) in [6, 6.07) is 7.44. The Labute approximate surface area is 98.8 Å². The highest BCUT2D eigenvalue weighted by Gasteiger charge is 2.10. The maximum atomic E-state index is 11.1. The molecule has 17 heavy (non-hydrogen) atoms. The Balaban J connectivity index is 2.53. The molecule has 1 amide bonds. The molecule has 1 aromatic carbocycles. The van der Waals surface area contributed by atoms with Crippen LogP contribution < -0.4 is 10.1 Å². The molecule has 0 spiro atoms. The van der Waals surface area contributed by atoms with Crippen LogP contribution in [0.5, 0.6) is 5.88 Å². The fourth-order valence-electron chi connectivity index (χ4n) is 1.47. The molecule has 0 aliphatic rings. The third-order valence-electron chi connectivity index (χ3n) is 2.11. The summed E-state index contributed by atoms with van der Waals surface area (Å²) in [6.07, 6.45) is 0. The van der Waals surface area contributed by atoms with E-state index < -0.39 is 0 Å². The summed E-state index contributed by atoms with van der Waals surface area (Å²) in [7, 11) is 0. The lowest BCUT2D eigenvalue weighted by Crippen LogP contribution is -2.10. The van der Waals surface area contributed by atoms with E-state index in [1.54, 1.807) is 0 Å². The van der Waals surface area contributed by atoms with Gasteiger partial charge in [0.05, 0.1) is 17.6 Å². The minimum Gasteiger partial charge on any atom is -0.475 e. The molecule has 0 aliphatic carbocycles. The summed E-state index contributed by atoms with van der Waals surface area (Å²) >= 11 is 0. The number of fused-ring (bicyclic) bond motifs is 1. The second-order valence-corrected chi connectivity index (χ2v) is 3.48. The van der Waals surface area contributed by atoms with Gasteiger partial charge in [-0.2, -0.15) is 0 Å². The normalized spacial score (nSPS) is 10.2. The number of hydrogen-bond acceptors (Lipinski definition) is 4. The van der Waals surface area contributed by atoms with Crippen LogP contribution in [0.2, 0.25) is 0 Å². The average Bonchev–Trinajstić information content (AvgIpc) is 2.29. The minimum atomic E-state index is -0.199. The number of carbonyl (C=O) groups is 1. The highest BCUT2D eigenvalue weighted by molar-refractivity contribution is 5.90. The van der Waals surface area contributed by atoms with Crippen molar-refractivity contribution in [2.75, 3.05) is 11.9 Å². The third kappa shape index (κ3) is 2.50. The van der Waals surface area contributed by atoms with Gasteiger partial charge in [-0.25, -0.2) is 9.97 Å². The van der Waals surface area contributed by atoms with Crippen LogP contribution in [0.15, 0.2) is 24.3 Å². The van der Waals surface area contributed by atoms with E-state index in [0.29, 0.717) is 18.3 Å². The molecule has 5 heteroatoms. The van der Waals surface area contributed by atoms with Crippen molar-refractivity contribution in [3.05, 3.63) is 24.3 Å². The summed E-state index contributed by atoms with van der Waals surface area (Å²) in [5.41, 5.74) is 1.46. The van der Waals surface area contributed by atoms with Crippen molar-refractivity contribution in [1.29, 1.82) is 0 Å². The van der Waals surface area contributed by atoms with Crippen molar-refractivity contribution in [2.24, 2.45) is 0 Å². The van der Waals surface area contributed by atoms with Gasteiger partial charge < -0.3 is 10.1 Å². The molecular formula is C12H13N3O2. The Morgan fingerprint density at radius 3 is 2.53 bits per heavy atom. The van der Waals surface area contributed by atoms with Crippen molar-refractivity contribution in [3.8, 4) is 5.88 Å². The molecule has 0 fully saturated rings. The highest BCUT2D eigenvalue weighted by atomic mass is 16.5. The molecule has 2 rings (SSSR count). The molecule has 1 N–H and O–H groups in total. The van der Waals surface area contributed by atoms with Crippen molar-refractivity contribution in [1.82, 2.24) is 9.97 Å². The standard InChI is InChI=1S/C12H13N3O2/c1-3-17-12-11(13-8(2)16)14-9-6-4-5-7-10(9)15-12/h4-7H,3H2,1-2H3,(H,13,14,16). The van der Waals surface area contributed by atoms with Crippen molar-refractivity contribution in [2.45, 2.75) is 13.8 Å². The number of rotatable bonds is 3. The molecular weight excluding hydrogens is 218 g/mol. The zero-order valence-electron chi connectivity index (χ0n) is 9.73. The number of carbonyl (C=O) groups excluding carboxylic acids is 1. The molecule has 0 radical (unpaired) electrons. The Hall–Kier alpha value is -2.17. The first kappa shape index (κ1) is 11.3. The Kier molecular flexibility index (Phi) is 3.18. The van der Waals surface area contributed by atoms with Crippen LogP contribution >= 0.6 is 0 Å². The predicted molar refractivity (Wildman–Crippen MR) is 65.0 cm³/mol. The Bertz CT molecular complexity index is 554. The van der Waals surface area contributed by atoms with E-state index in [0.717, 1.165) is 11.0 Å². The number of ether oxygens (including phenoxy) is 1. The largest absolute Gasteiger partial charge is 0.475 e. The summed E-state index contributed by atoms with van der Waals surface area (Å²) in [5.74, 6) is 0.509. The number of para-hydroxylation sites is 2. The predicted octanol–water partition coefficient (Wildman–Crippen LogP) is 1.99. The first-order valence-corrected chi connectivity index (χ1v) is 5.38. The maximum absolute atomic E-state index is 11.1. The van der Waals surface area contributed by atoms with Crippen molar-refractivity contribution < 1.29 is 9.53 Å². The first-order valence-electron chi connectivity index (χ1n) is 5.38. The lowest BCUT2D eigenvalue weighted by atomic mass is 10.3. The van der Waals surface area contributed by atoms with E-state index in [2.05, 4.69) is 15.3 Å². The number of nitrogens with one attached hydrogen (secondary N) is 1. The van der Waals surface area contributed by atoms with Gasteiger partial charge in [-0.1, -0.05) is 12.1 Å². The van der Waals surface area contributed by atoms with Crippen LogP contribution in [-0.4, -0.2) is 22.5 Å². The topological polar surface area (TPSA) is 64.1 Å². The van der Waals surface area contributed by atoms with Crippen LogP contribution in [-0.2, 0) is 4.79 Å². The summed E-state index contributed by atoms with van der Waals surface area (Å²) in [4.78, 5) is 19.7. The highest BCUT2D eigenvalue weighted by Crippen LogP contribution is 2.23. The maximum Gasteiger partial charge on any atom is 0.258 e. The van der Waals surface area contributed by atoms with Gasteiger partial charge in [-0.15, -0.1) is 0 Å². The lowest BCUT2D eigenvalue weighted by Gasteiger charge is -2.09. The fraction of sp³-hybridized carbons (Fsp3) is 0.250. The second kappa shape index (κ2) is 4.78. The van der Waals surface area contributed by atoms with E-state index in [-0.39, 0.29) is 5.91 Å². The zero-order valence-corrected chi connectivity index (χ0v) is 9.73. The smallest absolute Gasteiger partial charge is 0.258 e. The van der Waals surface area contributed by atoms with Gasteiger partial charge in [-0.05, 0) is 19.1 Å². The number of hydrogen-bond donors (Lipinski definition) is 1. The molecule has 5 nitrogen and oxygen atoms in total. The molecule has 1 heterocycles. The van der Waals surface area contributed by atoms with E-state index in [4.69, 9.17) is 4.74 Å². The monoisotopic (exact) mass is 231 g/mol. The third-order valence-corrected chi connectivity index (χ3v) is 2.11. The van der Waals surface area contributed by atoms with Crippen LogP contribution in [0.1, 0.15) is 13.8 Å². The average molecular weight is 231 g/mol. The molecule has 0 saturated heterocycles. The lowest BCUT2D eigenvalue weighted by molar-refractivity contribution is -0.114. The van der Waals surface area contributed by atoms with E-state index in [9.17, 15) is 4.79 Å². The summed E-state index contributed by atoms with van der Waals surface area (Å²) in [5, 5.41) is 2.61. The molecule has 0 aliphatic heterocycles. The number of anilines is 1. The van der Waals surface area contributed by atoms with Gasteiger partial charge in [0, 0.05) is 6.92 Å². The fourth-order valence-corrected chi connectivity index (χ4v) is 1.47. The van der Waals surface area contributed by atoms with E-state index in [1.165, 1.54) is 6.92 Å². The van der Waals surface area contributed by atoms with Gasteiger partial charge in [0.15, 0.2) is 5.82 Å². The van der Waals surface area contributed by atoms with E-state index >= 15 is 0 Å². The van der Waals surface area contributed by atoms with Crippen LogP contribution in [0.25, 0.3) is 11.0 Å². The number of nitrogens with zero attached hydrogens (tertiary/aromatic N) is 2. The van der Waals surface area contributed by atoms with Gasteiger partial charge in [0.25, 0.3) is 5.88 Å². The Morgan fingerprint density at radius 2 is 1.94 bits per heavy atom. The van der Waals surface area contributed by atoms with Crippen molar-refractivity contribution in [3.63, 3.8) is 0 Å². The van der Waals surface area contributed by atoms with Gasteiger partial charge in [-0.3, -0.25) is 4.79 Å². The SMILES string of the molecule is CCOc1nc2ccccc2nc1NC(C)=O. The molecule has 88 valence electrons. The minimum absolute atomic E-state index is 0.199. The molecule has 0 bridgehead atoms. The van der Waals surface area contributed by atoms with Crippen LogP contribution in [0.4, 0.5) is 5.82 Å². The molecule has 2 aromatic rings. The second-order valence-electron chi connectivity index (χ2n) is 3.48. The molecule has 0 atom stereocenters. The quantitative estimate of drug-likeness (QED) is 0.877. The molecule has 0 saturated carbocycles.